The fourth-order valence-electron chi connectivity index (χ4n) is 4.16. The highest BCUT2D eigenvalue weighted by molar-refractivity contribution is 14.0. The third-order valence-corrected chi connectivity index (χ3v) is 5.56. The molecule has 3 rings (SSSR count). The molecule has 0 spiro atoms. The van der Waals surface area contributed by atoms with Crippen LogP contribution in [-0.2, 0) is 18.3 Å². The van der Waals surface area contributed by atoms with Crippen molar-refractivity contribution >= 4 is 29.9 Å². The number of halogens is 1. The predicted octanol–water partition coefficient (Wildman–Crippen LogP) is 4.34. The molecule has 2 atom stereocenters. The van der Waals surface area contributed by atoms with E-state index in [-0.39, 0.29) is 30.1 Å². The highest BCUT2D eigenvalue weighted by atomic mass is 127. The molecule has 30 heavy (non-hydrogen) atoms. The van der Waals surface area contributed by atoms with Crippen LogP contribution in [0.4, 0.5) is 0 Å². The van der Waals surface area contributed by atoms with E-state index in [1.807, 2.05) is 18.8 Å². The zero-order chi connectivity index (χ0) is 20.8. The molecule has 1 fully saturated rings. The molecule has 1 N–H and O–H groups in total. The Morgan fingerprint density at radius 2 is 2.07 bits per heavy atom. The second kappa shape index (κ2) is 11.7. The summed E-state index contributed by atoms with van der Waals surface area (Å²) < 4.78 is 8.04. The Morgan fingerprint density at radius 3 is 2.73 bits per heavy atom. The summed E-state index contributed by atoms with van der Waals surface area (Å²) in [4.78, 5) is 6.68. The zero-order valence-electron chi connectivity index (χ0n) is 18.8. The molecule has 1 aliphatic rings. The van der Waals surface area contributed by atoms with Gasteiger partial charge in [0.15, 0.2) is 5.96 Å². The van der Waals surface area contributed by atoms with Gasteiger partial charge >= 0.3 is 0 Å². The van der Waals surface area contributed by atoms with Crippen LogP contribution in [0.1, 0.15) is 55.5 Å². The molecule has 6 nitrogen and oxygen atoms in total. The number of nitrogens with zero attached hydrogens (tertiary/aromatic N) is 4. The summed E-state index contributed by atoms with van der Waals surface area (Å²) in [5.41, 5.74) is 3.66. The quantitative estimate of drug-likeness (QED) is 0.347. The van der Waals surface area contributed by atoms with E-state index in [0.717, 1.165) is 44.2 Å². The first-order valence-electron chi connectivity index (χ1n) is 10.6. The van der Waals surface area contributed by atoms with Crippen molar-refractivity contribution in [3.63, 3.8) is 0 Å². The van der Waals surface area contributed by atoms with Crippen LogP contribution in [0.3, 0.4) is 0 Å². The molecule has 7 heteroatoms. The number of rotatable bonds is 6. The smallest absolute Gasteiger partial charge is 0.193 e. The molecule has 1 aliphatic heterocycles. The number of guanidine groups is 1. The van der Waals surface area contributed by atoms with Gasteiger partial charge in [-0.1, -0.05) is 44.2 Å². The van der Waals surface area contributed by atoms with E-state index < -0.39 is 0 Å². The van der Waals surface area contributed by atoms with Gasteiger partial charge in [0, 0.05) is 58.5 Å². The van der Waals surface area contributed by atoms with Crippen molar-refractivity contribution in [3.8, 4) is 0 Å². The average molecular weight is 525 g/mol. The topological polar surface area (TPSA) is 54.7 Å². The van der Waals surface area contributed by atoms with Gasteiger partial charge in [-0.3, -0.25) is 9.67 Å². The van der Waals surface area contributed by atoms with Crippen molar-refractivity contribution in [1.82, 2.24) is 20.0 Å². The van der Waals surface area contributed by atoms with Crippen molar-refractivity contribution in [2.75, 3.05) is 27.2 Å². The van der Waals surface area contributed by atoms with E-state index in [2.05, 4.69) is 77.7 Å². The first-order valence-corrected chi connectivity index (χ1v) is 10.6. The predicted molar refractivity (Wildman–Crippen MR) is 133 cm³/mol. The molecule has 0 saturated carbocycles. The lowest BCUT2D eigenvalue weighted by molar-refractivity contribution is -0.0266. The van der Waals surface area contributed by atoms with E-state index >= 15 is 0 Å². The van der Waals surface area contributed by atoms with Crippen LogP contribution < -0.4 is 5.32 Å². The standard InChI is InChI=1S/C23H35N5O.HI/c1-17(2)21-20(16-28(5)26-21)15-27(4)23(24-3)25-14-19-12-9-13-29-22(19)18-10-7-6-8-11-18;/h6-8,10-11,16-17,19,22H,9,12-15H2,1-5H3,(H,24,25);1H. The summed E-state index contributed by atoms with van der Waals surface area (Å²) >= 11 is 0. The number of nitrogens with one attached hydrogen (secondary N) is 1. The Morgan fingerprint density at radius 1 is 1.33 bits per heavy atom. The number of aryl methyl sites for hydroxylation is 1. The van der Waals surface area contributed by atoms with E-state index in [1.165, 1.54) is 11.1 Å². The largest absolute Gasteiger partial charge is 0.373 e. The van der Waals surface area contributed by atoms with Gasteiger partial charge in [0.2, 0.25) is 0 Å². The highest BCUT2D eigenvalue weighted by Crippen LogP contribution is 2.33. The SMILES string of the molecule is CN=C(NCC1CCCOC1c1ccccc1)N(C)Cc1cn(C)nc1C(C)C.I. The Balaban J connectivity index is 0.00000320. The fraction of sp³-hybridized carbons (Fsp3) is 0.565. The van der Waals surface area contributed by atoms with Crippen LogP contribution in [0.25, 0.3) is 0 Å². The van der Waals surface area contributed by atoms with Crippen molar-refractivity contribution < 1.29 is 4.74 Å². The summed E-state index contributed by atoms with van der Waals surface area (Å²) in [5.74, 6) is 1.74. The van der Waals surface area contributed by atoms with Gasteiger partial charge in [-0.2, -0.15) is 5.10 Å². The molecule has 0 radical (unpaired) electrons. The zero-order valence-corrected chi connectivity index (χ0v) is 21.2. The lowest BCUT2D eigenvalue weighted by atomic mass is 9.89. The first-order chi connectivity index (χ1) is 14.0. The Labute approximate surface area is 198 Å². The van der Waals surface area contributed by atoms with Gasteiger partial charge in [0.1, 0.15) is 0 Å². The van der Waals surface area contributed by atoms with Gasteiger partial charge in [0.05, 0.1) is 11.8 Å². The molecular formula is C23H36IN5O. The lowest BCUT2D eigenvalue weighted by Crippen LogP contribution is -2.42. The van der Waals surface area contributed by atoms with Crippen LogP contribution in [0.5, 0.6) is 0 Å². The molecule has 0 amide bonds. The van der Waals surface area contributed by atoms with Crippen LogP contribution in [0, 0.1) is 5.92 Å². The van der Waals surface area contributed by atoms with E-state index in [0.29, 0.717) is 11.8 Å². The molecule has 1 saturated heterocycles. The summed E-state index contributed by atoms with van der Waals surface area (Å²) in [5, 5.41) is 8.21. The first kappa shape index (κ1) is 24.7. The minimum absolute atomic E-state index is 0. The van der Waals surface area contributed by atoms with Crippen molar-refractivity contribution in [2.45, 2.75) is 45.3 Å². The Kier molecular flexibility index (Phi) is 9.61. The third-order valence-electron chi connectivity index (χ3n) is 5.56. The van der Waals surface area contributed by atoms with Crippen molar-refractivity contribution in [3.05, 3.63) is 53.3 Å². The number of ether oxygens (including phenoxy) is 1. The molecule has 2 aromatic rings. The highest BCUT2D eigenvalue weighted by Gasteiger charge is 2.27. The van der Waals surface area contributed by atoms with E-state index in [1.54, 1.807) is 0 Å². The minimum Gasteiger partial charge on any atom is -0.373 e. The van der Waals surface area contributed by atoms with Gasteiger partial charge in [-0.25, -0.2) is 0 Å². The number of aromatic nitrogens is 2. The number of aliphatic imine (C=N–C) groups is 1. The third kappa shape index (κ3) is 6.20. The lowest BCUT2D eigenvalue weighted by Gasteiger charge is -2.33. The van der Waals surface area contributed by atoms with Gasteiger partial charge in [-0.15, -0.1) is 24.0 Å². The van der Waals surface area contributed by atoms with Crippen LogP contribution in [-0.4, -0.2) is 47.9 Å². The normalized spacial score (nSPS) is 19.5. The molecule has 0 aliphatic carbocycles. The van der Waals surface area contributed by atoms with Gasteiger partial charge in [-0.05, 0) is 24.3 Å². The monoisotopic (exact) mass is 525 g/mol. The number of benzene rings is 1. The average Bonchev–Trinajstić information content (AvgIpc) is 3.10. The van der Waals surface area contributed by atoms with E-state index in [9.17, 15) is 0 Å². The Bertz CT molecular complexity index is 805. The van der Waals surface area contributed by atoms with Crippen molar-refractivity contribution in [1.29, 1.82) is 0 Å². The summed E-state index contributed by atoms with van der Waals surface area (Å²) in [7, 11) is 5.91. The molecule has 2 unspecified atom stereocenters. The van der Waals surface area contributed by atoms with Gasteiger partial charge < -0.3 is 15.0 Å². The number of hydrogen-bond acceptors (Lipinski definition) is 3. The molecule has 1 aromatic heterocycles. The summed E-state index contributed by atoms with van der Waals surface area (Å²) in [6, 6.07) is 10.6. The van der Waals surface area contributed by atoms with Crippen LogP contribution in [0.2, 0.25) is 0 Å². The summed E-state index contributed by atoms with van der Waals surface area (Å²) in [6.45, 7) is 6.84. The minimum atomic E-state index is 0. The molecular weight excluding hydrogens is 489 g/mol. The molecule has 1 aromatic carbocycles. The van der Waals surface area contributed by atoms with Crippen LogP contribution >= 0.6 is 24.0 Å². The molecule has 2 heterocycles. The molecule has 0 bridgehead atoms. The van der Waals surface area contributed by atoms with E-state index in [4.69, 9.17) is 4.74 Å². The number of hydrogen-bond donors (Lipinski definition) is 1. The second-order valence-corrected chi connectivity index (χ2v) is 8.26. The van der Waals surface area contributed by atoms with Crippen LogP contribution in [0.15, 0.2) is 41.5 Å². The second-order valence-electron chi connectivity index (χ2n) is 8.26. The molecule has 166 valence electrons. The Hall–Kier alpha value is -1.61. The maximum Gasteiger partial charge on any atom is 0.193 e. The maximum absolute atomic E-state index is 6.14. The maximum atomic E-state index is 6.14. The van der Waals surface area contributed by atoms with Crippen molar-refractivity contribution in [2.24, 2.45) is 18.0 Å². The summed E-state index contributed by atoms with van der Waals surface area (Å²) in [6.07, 6.45) is 4.52. The fourth-order valence-corrected chi connectivity index (χ4v) is 4.16. The van der Waals surface area contributed by atoms with Gasteiger partial charge in [0.25, 0.3) is 0 Å².